The van der Waals surface area contributed by atoms with Crippen molar-refractivity contribution in [3.63, 3.8) is 0 Å². The summed E-state index contributed by atoms with van der Waals surface area (Å²) in [6, 6.07) is 8.61. The lowest BCUT2D eigenvalue weighted by atomic mass is 9.92. The van der Waals surface area contributed by atoms with Crippen molar-refractivity contribution in [1.29, 1.82) is 0 Å². The van der Waals surface area contributed by atoms with Crippen molar-refractivity contribution in [2.45, 2.75) is 42.7 Å². The monoisotopic (exact) mass is 237 g/mol. The number of anilines is 1. The van der Waals surface area contributed by atoms with E-state index in [2.05, 4.69) is 35.8 Å². The van der Waals surface area contributed by atoms with E-state index in [-0.39, 0.29) is 12.1 Å². The Morgan fingerprint density at radius 2 is 2.12 bits per heavy atom. The number of benzene rings is 1. The van der Waals surface area contributed by atoms with Crippen LogP contribution in [0.15, 0.2) is 29.2 Å². The average molecular weight is 237 g/mol. The van der Waals surface area contributed by atoms with Gasteiger partial charge < -0.3 is 10.4 Å². The van der Waals surface area contributed by atoms with E-state index in [0.717, 1.165) is 24.9 Å². The fraction of sp³-hybridized carbons (Fsp3) is 0.538. The van der Waals surface area contributed by atoms with Crippen LogP contribution in [0.4, 0.5) is 5.69 Å². The maximum absolute atomic E-state index is 9.89. The standard InChI is InChI=1S/C13H19NOS/c1-16-11-6-4-5-10(9-11)14-12-7-2-3-8-13(12)15/h4-6,9,12-15H,2-3,7-8H2,1H3/t12-,13-/m1/s1. The predicted octanol–water partition coefficient (Wildman–Crippen LogP) is 3.12. The number of hydrogen-bond donors (Lipinski definition) is 2. The van der Waals surface area contributed by atoms with Gasteiger partial charge in [-0.2, -0.15) is 0 Å². The topological polar surface area (TPSA) is 32.3 Å². The first-order chi connectivity index (χ1) is 7.79. The second-order valence-corrected chi connectivity index (χ2v) is 5.21. The van der Waals surface area contributed by atoms with Crippen LogP contribution in [0.25, 0.3) is 0 Å². The maximum atomic E-state index is 9.89. The molecule has 1 aromatic carbocycles. The van der Waals surface area contributed by atoms with Gasteiger partial charge >= 0.3 is 0 Å². The van der Waals surface area contributed by atoms with Crippen LogP contribution in [0.3, 0.4) is 0 Å². The van der Waals surface area contributed by atoms with Crippen LogP contribution in [0, 0.1) is 0 Å². The van der Waals surface area contributed by atoms with E-state index >= 15 is 0 Å². The second-order valence-electron chi connectivity index (χ2n) is 4.33. The average Bonchev–Trinajstić information content (AvgIpc) is 2.32. The van der Waals surface area contributed by atoms with Crippen molar-refractivity contribution >= 4 is 17.4 Å². The molecule has 0 radical (unpaired) electrons. The van der Waals surface area contributed by atoms with Gasteiger partial charge in [-0.25, -0.2) is 0 Å². The van der Waals surface area contributed by atoms with Crippen molar-refractivity contribution in [1.82, 2.24) is 0 Å². The molecule has 0 aliphatic heterocycles. The molecule has 88 valence electrons. The zero-order valence-electron chi connectivity index (χ0n) is 9.65. The largest absolute Gasteiger partial charge is 0.391 e. The van der Waals surface area contributed by atoms with E-state index < -0.39 is 0 Å². The molecule has 0 spiro atoms. The van der Waals surface area contributed by atoms with E-state index in [9.17, 15) is 5.11 Å². The molecular formula is C13H19NOS. The Bertz CT molecular complexity index is 342. The summed E-state index contributed by atoms with van der Waals surface area (Å²) >= 11 is 1.74. The van der Waals surface area contributed by atoms with Crippen LogP contribution in [0.1, 0.15) is 25.7 Å². The number of rotatable bonds is 3. The van der Waals surface area contributed by atoms with Gasteiger partial charge in [-0.05, 0) is 37.3 Å². The molecule has 1 fully saturated rings. The van der Waals surface area contributed by atoms with E-state index in [1.165, 1.54) is 11.3 Å². The fourth-order valence-corrected chi connectivity index (χ4v) is 2.67. The zero-order chi connectivity index (χ0) is 11.4. The van der Waals surface area contributed by atoms with Gasteiger partial charge in [0.2, 0.25) is 0 Å². The molecule has 1 aromatic rings. The molecule has 2 nitrogen and oxygen atoms in total. The van der Waals surface area contributed by atoms with Gasteiger partial charge in [-0.15, -0.1) is 11.8 Å². The van der Waals surface area contributed by atoms with Crippen molar-refractivity contribution in [3.05, 3.63) is 24.3 Å². The lowest BCUT2D eigenvalue weighted by molar-refractivity contribution is 0.116. The summed E-state index contributed by atoms with van der Waals surface area (Å²) in [5, 5.41) is 13.3. The molecule has 0 amide bonds. The predicted molar refractivity (Wildman–Crippen MR) is 70.1 cm³/mol. The minimum Gasteiger partial charge on any atom is -0.391 e. The van der Waals surface area contributed by atoms with Crippen molar-refractivity contribution in [3.8, 4) is 0 Å². The molecule has 3 heteroatoms. The van der Waals surface area contributed by atoms with Crippen molar-refractivity contribution in [2.24, 2.45) is 0 Å². The normalized spacial score (nSPS) is 25.4. The maximum Gasteiger partial charge on any atom is 0.0741 e. The van der Waals surface area contributed by atoms with Crippen LogP contribution < -0.4 is 5.32 Å². The Labute approximate surface area is 101 Å². The first-order valence-electron chi connectivity index (χ1n) is 5.88. The third-order valence-electron chi connectivity index (χ3n) is 3.15. The minimum atomic E-state index is -0.188. The van der Waals surface area contributed by atoms with Crippen LogP contribution in [-0.4, -0.2) is 23.5 Å². The lowest BCUT2D eigenvalue weighted by Crippen LogP contribution is -2.36. The van der Waals surface area contributed by atoms with E-state index in [0.29, 0.717) is 0 Å². The summed E-state index contributed by atoms with van der Waals surface area (Å²) in [5.74, 6) is 0. The molecule has 2 atom stereocenters. The summed E-state index contributed by atoms with van der Waals surface area (Å²) < 4.78 is 0. The third kappa shape index (κ3) is 2.92. The fourth-order valence-electron chi connectivity index (χ4n) is 2.21. The highest BCUT2D eigenvalue weighted by atomic mass is 32.2. The van der Waals surface area contributed by atoms with Crippen LogP contribution >= 0.6 is 11.8 Å². The summed E-state index contributed by atoms with van der Waals surface area (Å²) in [4.78, 5) is 1.26. The SMILES string of the molecule is CSc1cccc(N[C@@H]2CCCC[C@H]2O)c1. The number of thioether (sulfide) groups is 1. The van der Waals surface area contributed by atoms with Crippen LogP contribution in [0.2, 0.25) is 0 Å². The summed E-state index contributed by atoms with van der Waals surface area (Å²) in [7, 11) is 0. The molecule has 0 bridgehead atoms. The van der Waals surface area contributed by atoms with Crippen LogP contribution in [-0.2, 0) is 0 Å². The Morgan fingerprint density at radius 3 is 2.88 bits per heavy atom. The quantitative estimate of drug-likeness (QED) is 0.792. The molecule has 0 aromatic heterocycles. The van der Waals surface area contributed by atoms with Crippen LogP contribution in [0.5, 0.6) is 0 Å². The highest BCUT2D eigenvalue weighted by molar-refractivity contribution is 7.98. The molecule has 16 heavy (non-hydrogen) atoms. The van der Waals surface area contributed by atoms with E-state index in [4.69, 9.17) is 0 Å². The van der Waals surface area contributed by atoms with Gasteiger partial charge in [0, 0.05) is 10.6 Å². The van der Waals surface area contributed by atoms with Crippen molar-refractivity contribution in [2.75, 3.05) is 11.6 Å². The third-order valence-corrected chi connectivity index (χ3v) is 3.88. The molecule has 0 heterocycles. The van der Waals surface area contributed by atoms with E-state index in [1.54, 1.807) is 11.8 Å². The summed E-state index contributed by atoms with van der Waals surface area (Å²) in [6.45, 7) is 0. The summed E-state index contributed by atoms with van der Waals surface area (Å²) in [6.07, 6.45) is 6.27. The molecule has 2 N–H and O–H groups in total. The van der Waals surface area contributed by atoms with Gasteiger partial charge in [0.25, 0.3) is 0 Å². The summed E-state index contributed by atoms with van der Waals surface area (Å²) in [5.41, 5.74) is 1.12. The van der Waals surface area contributed by atoms with Gasteiger partial charge in [0.1, 0.15) is 0 Å². The minimum absolute atomic E-state index is 0.188. The van der Waals surface area contributed by atoms with Gasteiger partial charge in [0.05, 0.1) is 12.1 Å². The Balaban J connectivity index is 2.01. The molecule has 0 unspecified atom stereocenters. The highest BCUT2D eigenvalue weighted by Gasteiger charge is 2.22. The zero-order valence-corrected chi connectivity index (χ0v) is 10.5. The highest BCUT2D eigenvalue weighted by Crippen LogP contribution is 2.24. The van der Waals surface area contributed by atoms with E-state index in [1.807, 2.05) is 0 Å². The Hall–Kier alpha value is -0.670. The molecule has 1 aliphatic rings. The Morgan fingerprint density at radius 1 is 1.31 bits per heavy atom. The first-order valence-corrected chi connectivity index (χ1v) is 7.11. The second kappa shape index (κ2) is 5.60. The first kappa shape index (κ1) is 11.8. The molecular weight excluding hydrogens is 218 g/mol. The molecule has 1 saturated carbocycles. The lowest BCUT2D eigenvalue weighted by Gasteiger charge is -2.29. The molecule has 0 saturated heterocycles. The number of aliphatic hydroxyl groups is 1. The number of aliphatic hydroxyl groups excluding tert-OH is 1. The van der Waals surface area contributed by atoms with Gasteiger partial charge in [-0.3, -0.25) is 0 Å². The van der Waals surface area contributed by atoms with Crippen molar-refractivity contribution < 1.29 is 5.11 Å². The van der Waals surface area contributed by atoms with Gasteiger partial charge in [-0.1, -0.05) is 18.9 Å². The molecule has 2 rings (SSSR count). The smallest absolute Gasteiger partial charge is 0.0741 e. The number of nitrogens with one attached hydrogen (secondary N) is 1. The Kier molecular flexibility index (Phi) is 4.13. The molecule has 1 aliphatic carbocycles. The number of hydrogen-bond acceptors (Lipinski definition) is 3. The van der Waals surface area contributed by atoms with Gasteiger partial charge in [0.15, 0.2) is 0 Å².